The first-order valence-corrected chi connectivity index (χ1v) is 4.35. The maximum Gasteiger partial charge on any atom is 0.160 e. The fourth-order valence-corrected chi connectivity index (χ4v) is 0.972. The Balaban J connectivity index is 2.73. The van der Waals surface area contributed by atoms with Crippen LogP contribution in [0.3, 0.4) is 0 Å². The standard InChI is InChI=1S/C10H13F2N/c1-3-7(2)13-8-4-5-9(11)10(12)6-8/h4-7,13H,3H2,1-2H3/t7-/m0/s1. The highest BCUT2D eigenvalue weighted by Crippen LogP contribution is 2.14. The van der Waals surface area contributed by atoms with E-state index in [1.165, 1.54) is 12.1 Å². The van der Waals surface area contributed by atoms with Gasteiger partial charge in [0.1, 0.15) is 0 Å². The van der Waals surface area contributed by atoms with E-state index in [2.05, 4.69) is 5.32 Å². The van der Waals surface area contributed by atoms with E-state index in [0.717, 1.165) is 12.5 Å². The molecule has 0 bridgehead atoms. The Morgan fingerprint density at radius 1 is 1.31 bits per heavy atom. The van der Waals surface area contributed by atoms with Gasteiger partial charge >= 0.3 is 0 Å². The Kier molecular flexibility index (Phi) is 3.23. The molecule has 1 nitrogen and oxygen atoms in total. The highest BCUT2D eigenvalue weighted by Gasteiger charge is 2.03. The predicted octanol–water partition coefficient (Wildman–Crippen LogP) is 3.18. The number of benzene rings is 1. The Morgan fingerprint density at radius 3 is 2.54 bits per heavy atom. The number of nitrogens with one attached hydrogen (secondary N) is 1. The predicted molar refractivity (Wildman–Crippen MR) is 49.7 cm³/mol. The number of rotatable bonds is 3. The van der Waals surface area contributed by atoms with Crippen LogP contribution < -0.4 is 5.32 Å². The molecule has 0 fully saturated rings. The minimum absolute atomic E-state index is 0.268. The molecule has 1 aromatic rings. The van der Waals surface area contributed by atoms with Crippen molar-refractivity contribution in [2.45, 2.75) is 26.3 Å². The largest absolute Gasteiger partial charge is 0.383 e. The normalized spacial score (nSPS) is 12.6. The first-order chi connectivity index (χ1) is 6.13. The van der Waals surface area contributed by atoms with Gasteiger partial charge < -0.3 is 5.32 Å². The van der Waals surface area contributed by atoms with Crippen LogP contribution in [0, 0.1) is 11.6 Å². The van der Waals surface area contributed by atoms with Crippen molar-refractivity contribution in [2.75, 3.05) is 5.32 Å². The van der Waals surface area contributed by atoms with E-state index in [0.29, 0.717) is 5.69 Å². The maximum absolute atomic E-state index is 12.7. The first kappa shape index (κ1) is 9.96. The van der Waals surface area contributed by atoms with E-state index in [1.807, 2.05) is 13.8 Å². The lowest BCUT2D eigenvalue weighted by Crippen LogP contribution is -2.13. The molecule has 0 heterocycles. The third kappa shape index (κ3) is 2.68. The van der Waals surface area contributed by atoms with Gasteiger partial charge in [-0.1, -0.05) is 6.92 Å². The molecule has 1 N–H and O–H groups in total. The molecule has 0 saturated carbocycles. The van der Waals surface area contributed by atoms with Gasteiger partial charge in [-0.05, 0) is 25.5 Å². The lowest BCUT2D eigenvalue weighted by atomic mass is 10.2. The molecule has 0 unspecified atom stereocenters. The van der Waals surface area contributed by atoms with E-state index in [-0.39, 0.29) is 6.04 Å². The Labute approximate surface area is 76.8 Å². The van der Waals surface area contributed by atoms with Crippen molar-refractivity contribution in [1.29, 1.82) is 0 Å². The second-order valence-corrected chi connectivity index (χ2v) is 3.08. The van der Waals surface area contributed by atoms with Gasteiger partial charge in [0.2, 0.25) is 0 Å². The zero-order chi connectivity index (χ0) is 9.84. The smallest absolute Gasteiger partial charge is 0.160 e. The van der Waals surface area contributed by atoms with Crippen LogP contribution in [0.4, 0.5) is 14.5 Å². The minimum Gasteiger partial charge on any atom is -0.383 e. The van der Waals surface area contributed by atoms with Crippen LogP contribution in [-0.2, 0) is 0 Å². The van der Waals surface area contributed by atoms with E-state index in [1.54, 1.807) is 0 Å². The molecule has 0 aromatic heterocycles. The summed E-state index contributed by atoms with van der Waals surface area (Å²) in [7, 11) is 0. The quantitative estimate of drug-likeness (QED) is 0.762. The van der Waals surface area contributed by atoms with Gasteiger partial charge in [-0.2, -0.15) is 0 Å². The van der Waals surface area contributed by atoms with Gasteiger partial charge in [0.25, 0.3) is 0 Å². The molecule has 0 saturated heterocycles. The number of hydrogen-bond donors (Lipinski definition) is 1. The van der Waals surface area contributed by atoms with E-state index >= 15 is 0 Å². The lowest BCUT2D eigenvalue weighted by Gasteiger charge is -2.12. The summed E-state index contributed by atoms with van der Waals surface area (Å²) >= 11 is 0. The van der Waals surface area contributed by atoms with Gasteiger partial charge in [0.05, 0.1) is 0 Å². The Bertz CT molecular complexity index is 286. The second kappa shape index (κ2) is 4.21. The molecule has 1 aromatic carbocycles. The van der Waals surface area contributed by atoms with Crippen LogP contribution in [0.5, 0.6) is 0 Å². The van der Waals surface area contributed by atoms with Crippen LogP contribution in [0.1, 0.15) is 20.3 Å². The topological polar surface area (TPSA) is 12.0 Å². The van der Waals surface area contributed by atoms with Crippen LogP contribution >= 0.6 is 0 Å². The van der Waals surface area contributed by atoms with Gasteiger partial charge in [0.15, 0.2) is 11.6 Å². The van der Waals surface area contributed by atoms with E-state index in [9.17, 15) is 8.78 Å². The van der Waals surface area contributed by atoms with Crippen molar-refractivity contribution in [3.63, 3.8) is 0 Å². The molecule has 1 rings (SSSR count). The zero-order valence-corrected chi connectivity index (χ0v) is 7.77. The highest BCUT2D eigenvalue weighted by atomic mass is 19.2. The molecule has 3 heteroatoms. The molecule has 13 heavy (non-hydrogen) atoms. The average molecular weight is 185 g/mol. The van der Waals surface area contributed by atoms with Crippen LogP contribution in [0.25, 0.3) is 0 Å². The van der Waals surface area contributed by atoms with E-state index < -0.39 is 11.6 Å². The summed E-state index contributed by atoms with van der Waals surface area (Å²) in [6.45, 7) is 4.01. The van der Waals surface area contributed by atoms with Crippen molar-refractivity contribution < 1.29 is 8.78 Å². The number of hydrogen-bond acceptors (Lipinski definition) is 1. The van der Waals surface area contributed by atoms with Crippen LogP contribution in [0.15, 0.2) is 18.2 Å². The maximum atomic E-state index is 12.7. The van der Waals surface area contributed by atoms with Gasteiger partial charge in [-0.15, -0.1) is 0 Å². The zero-order valence-electron chi connectivity index (χ0n) is 7.77. The molecule has 72 valence electrons. The summed E-state index contributed by atoms with van der Waals surface area (Å²) in [5, 5.41) is 3.05. The fraction of sp³-hybridized carbons (Fsp3) is 0.400. The van der Waals surface area contributed by atoms with Crippen molar-refractivity contribution in [3.8, 4) is 0 Å². The third-order valence-electron chi connectivity index (χ3n) is 1.95. The van der Waals surface area contributed by atoms with Gasteiger partial charge in [-0.3, -0.25) is 0 Å². The first-order valence-electron chi connectivity index (χ1n) is 4.35. The molecule has 0 amide bonds. The number of halogens is 2. The van der Waals surface area contributed by atoms with Crippen molar-refractivity contribution in [3.05, 3.63) is 29.8 Å². The van der Waals surface area contributed by atoms with Gasteiger partial charge in [-0.25, -0.2) is 8.78 Å². The summed E-state index contributed by atoms with van der Waals surface area (Å²) in [4.78, 5) is 0. The SMILES string of the molecule is CC[C@H](C)Nc1ccc(F)c(F)c1. The summed E-state index contributed by atoms with van der Waals surface area (Å²) in [5.41, 5.74) is 0.619. The molecular formula is C10H13F2N. The van der Waals surface area contributed by atoms with Gasteiger partial charge in [0, 0.05) is 17.8 Å². The van der Waals surface area contributed by atoms with Crippen LogP contribution in [0.2, 0.25) is 0 Å². The fourth-order valence-electron chi connectivity index (χ4n) is 0.972. The highest BCUT2D eigenvalue weighted by molar-refractivity contribution is 5.44. The summed E-state index contributed by atoms with van der Waals surface area (Å²) in [6, 6.07) is 4.09. The number of anilines is 1. The Hall–Kier alpha value is -1.12. The minimum atomic E-state index is -0.812. The monoisotopic (exact) mass is 185 g/mol. The third-order valence-corrected chi connectivity index (χ3v) is 1.95. The van der Waals surface area contributed by atoms with Crippen molar-refractivity contribution in [2.24, 2.45) is 0 Å². The summed E-state index contributed by atoms with van der Waals surface area (Å²) < 4.78 is 25.2. The molecule has 1 atom stereocenters. The lowest BCUT2D eigenvalue weighted by molar-refractivity contribution is 0.509. The van der Waals surface area contributed by atoms with Crippen molar-refractivity contribution in [1.82, 2.24) is 0 Å². The molecule has 0 aliphatic heterocycles. The molecular weight excluding hydrogens is 172 g/mol. The molecule has 0 radical (unpaired) electrons. The molecule has 0 aliphatic carbocycles. The van der Waals surface area contributed by atoms with Crippen LogP contribution in [-0.4, -0.2) is 6.04 Å². The average Bonchev–Trinajstić information content (AvgIpc) is 2.11. The second-order valence-electron chi connectivity index (χ2n) is 3.08. The molecule has 0 aliphatic rings. The van der Waals surface area contributed by atoms with E-state index in [4.69, 9.17) is 0 Å². The Morgan fingerprint density at radius 2 is 2.00 bits per heavy atom. The van der Waals surface area contributed by atoms with Crippen molar-refractivity contribution >= 4 is 5.69 Å². The summed E-state index contributed by atoms with van der Waals surface area (Å²) in [5.74, 6) is -1.62. The molecule has 0 spiro atoms. The summed E-state index contributed by atoms with van der Waals surface area (Å²) in [6.07, 6.45) is 0.943.